The summed E-state index contributed by atoms with van der Waals surface area (Å²) in [5.74, 6) is 1.62. The number of hydrogen-bond acceptors (Lipinski definition) is 4. The van der Waals surface area contributed by atoms with Crippen molar-refractivity contribution in [2.45, 2.75) is 26.4 Å². The van der Waals surface area contributed by atoms with Crippen LogP contribution in [0.2, 0.25) is 0 Å². The van der Waals surface area contributed by atoms with Crippen LogP contribution in [0.15, 0.2) is 34.7 Å². The zero-order chi connectivity index (χ0) is 17.1. The molecule has 5 heteroatoms. The second kappa shape index (κ2) is 7.36. The third kappa shape index (κ3) is 3.97. The first-order valence-electron chi connectivity index (χ1n) is 8.54. The summed E-state index contributed by atoms with van der Waals surface area (Å²) in [6.07, 6.45) is 0. The molecular weight excluding hydrogens is 305 g/mol. The maximum Gasteiger partial charge on any atom is 0.123 e. The van der Waals surface area contributed by atoms with Gasteiger partial charge in [0.25, 0.3) is 0 Å². The van der Waals surface area contributed by atoms with E-state index in [-0.39, 0.29) is 11.9 Å². The molecule has 0 unspecified atom stereocenters. The van der Waals surface area contributed by atoms with Crippen LogP contribution in [0, 0.1) is 12.7 Å². The minimum absolute atomic E-state index is 0.0424. The van der Waals surface area contributed by atoms with Gasteiger partial charge in [-0.1, -0.05) is 0 Å². The van der Waals surface area contributed by atoms with Gasteiger partial charge in [-0.05, 0) is 56.8 Å². The number of piperazine rings is 1. The third-order valence-corrected chi connectivity index (χ3v) is 4.68. The van der Waals surface area contributed by atoms with Crippen molar-refractivity contribution >= 4 is 5.69 Å². The van der Waals surface area contributed by atoms with E-state index >= 15 is 0 Å². The molecule has 0 spiro atoms. The number of aryl methyl sites for hydroxylation is 1. The van der Waals surface area contributed by atoms with E-state index in [4.69, 9.17) is 4.42 Å². The maximum absolute atomic E-state index is 13.8. The highest BCUT2D eigenvalue weighted by molar-refractivity contribution is 5.55. The number of benzene rings is 1. The van der Waals surface area contributed by atoms with E-state index < -0.39 is 0 Å². The number of likely N-dealkylation sites (N-methyl/N-ethyl adjacent to an activating group) is 1. The topological polar surface area (TPSA) is 31.6 Å². The van der Waals surface area contributed by atoms with Gasteiger partial charge in [0.2, 0.25) is 0 Å². The molecule has 24 heavy (non-hydrogen) atoms. The van der Waals surface area contributed by atoms with E-state index in [0.717, 1.165) is 49.0 Å². The van der Waals surface area contributed by atoms with Crippen LogP contribution >= 0.6 is 0 Å². The van der Waals surface area contributed by atoms with Crippen molar-refractivity contribution in [1.29, 1.82) is 0 Å². The number of anilines is 1. The Kier molecular flexibility index (Phi) is 5.21. The molecule has 3 rings (SSSR count). The molecule has 1 N–H and O–H groups in total. The predicted octanol–water partition coefficient (Wildman–Crippen LogP) is 3.33. The Labute approximate surface area is 143 Å². The second-order valence-corrected chi connectivity index (χ2v) is 6.61. The normalized spacial score (nSPS) is 17.2. The summed E-state index contributed by atoms with van der Waals surface area (Å²) in [5.41, 5.74) is 2.13. The van der Waals surface area contributed by atoms with E-state index in [1.165, 1.54) is 0 Å². The van der Waals surface area contributed by atoms with Crippen molar-refractivity contribution in [2.75, 3.05) is 38.1 Å². The van der Waals surface area contributed by atoms with Gasteiger partial charge in [-0.25, -0.2) is 4.39 Å². The van der Waals surface area contributed by atoms with Crippen LogP contribution < -0.4 is 10.2 Å². The minimum Gasteiger partial charge on any atom is -0.465 e. The number of nitrogens with one attached hydrogen (secondary N) is 1. The van der Waals surface area contributed by atoms with Gasteiger partial charge in [-0.2, -0.15) is 0 Å². The van der Waals surface area contributed by atoms with Crippen LogP contribution in [0.5, 0.6) is 0 Å². The van der Waals surface area contributed by atoms with E-state index in [1.807, 2.05) is 25.1 Å². The Morgan fingerprint density at radius 2 is 1.92 bits per heavy atom. The van der Waals surface area contributed by atoms with Crippen molar-refractivity contribution in [3.63, 3.8) is 0 Å². The number of halogens is 1. The van der Waals surface area contributed by atoms with E-state index in [1.54, 1.807) is 12.1 Å². The van der Waals surface area contributed by atoms with Gasteiger partial charge in [-0.3, -0.25) is 0 Å². The molecule has 0 bridgehead atoms. The first kappa shape index (κ1) is 17.0. The highest BCUT2D eigenvalue weighted by Crippen LogP contribution is 2.28. The fourth-order valence-corrected chi connectivity index (χ4v) is 3.15. The van der Waals surface area contributed by atoms with Crippen LogP contribution in [0.1, 0.15) is 30.0 Å². The number of furan rings is 1. The molecule has 1 aromatic carbocycles. The van der Waals surface area contributed by atoms with Crippen LogP contribution in [0.3, 0.4) is 0 Å². The number of hydrogen-bond donors (Lipinski definition) is 1. The van der Waals surface area contributed by atoms with Gasteiger partial charge in [0.15, 0.2) is 0 Å². The van der Waals surface area contributed by atoms with Crippen molar-refractivity contribution in [2.24, 2.45) is 0 Å². The smallest absolute Gasteiger partial charge is 0.123 e. The van der Waals surface area contributed by atoms with Crippen LogP contribution in [-0.4, -0.2) is 38.1 Å². The lowest BCUT2D eigenvalue weighted by Gasteiger charge is -2.36. The van der Waals surface area contributed by atoms with Crippen molar-refractivity contribution in [3.05, 3.63) is 53.2 Å². The molecule has 4 nitrogen and oxygen atoms in total. The highest BCUT2D eigenvalue weighted by Gasteiger charge is 2.20. The summed E-state index contributed by atoms with van der Waals surface area (Å²) in [7, 11) is 2.14. The Hall–Kier alpha value is -1.85. The summed E-state index contributed by atoms with van der Waals surface area (Å²) in [6.45, 7) is 8.65. The molecule has 2 heterocycles. The van der Waals surface area contributed by atoms with Gasteiger partial charge in [-0.15, -0.1) is 0 Å². The van der Waals surface area contributed by atoms with E-state index in [2.05, 4.69) is 29.1 Å². The third-order valence-electron chi connectivity index (χ3n) is 4.68. The lowest BCUT2D eigenvalue weighted by atomic mass is 10.0. The lowest BCUT2D eigenvalue weighted by Crippen LogP contribution is -2.45. The zero-order valence-corrected chi connectivity index (χ0v) is 14.7. The van der Waals surface area contributed by atoms with Crippen LogP contribution in [-0.2, 0) is 6.54 Å². The number of nitrogens with zero attached hydrogens (tertiary/aromatic N) is 2. The molecule has 1 saturated heterocycles. The van der Waals surface area contributed by atoms with Gasteiger partial charge in [0.1, 0.15) is 17.3 Å². The van der Waals surface area contributed by atoms with E-state index in [0.29, 0.717) is 6.54 Å². The summed E-state index contributed by atoms with van der Waals surface area (Å²) < 4.78 is 19.4. The van der Waals surface area contributed by atoms with Crippen molar-refractivity contribution in [1.82, 2.24) is 10.2 Å². The highest BCUT2D eigenvalue weighted by atomic mass is 19.1. The first-order chi connectivity index (χ1) is 11.5. The predicted molar refractivity (Wildman–Crippen MR) is 94.8 cm³/mol. The average Bonchev–Trinajstić information content (AvgIpc) is 2.99. The van der Waals surface area contributed by atoms with E-state index in [9.17, 15) is 4.39 Å². The Balaban J connectivity index is 1.74. The standard InChI is InChI=1S/C19H26FN3O/c1-14-4-6-17(24-14)13-21-15(2)18-12-16(20)5-7-19(18)23-10-8-22(3)9-11-23/h4-7,12,15,21H,8-11,13H2,1-3H3/t15-/m1/s1. The number of rotatable bonds is 5. The summed E-state index contributed by atoms with van der Waals surface area (Å²) >= 11 is 0. The molecule has 1 fully saturated rings. The second-order valence-electron chi connectivity index (χ2n) is 6.61. The molecule has 1 aromatic heterocycles. The summed E-state index contributed by atoms with van der Waals surface area (Å²) in [5, 5.41) is 3.45. The molecule has 0 saturated carbocycles. The van der Waals surface area contributed by atoms with Crippen molar-refractivity contribution < 1.29 is 8.81 Å². The molecule has 1 atom stereocenters. The van der Waals surface area contributed by atoms with Gasteiger partial charge < -0.3 is 19.5 Å². The van der Waals surface area contributed by atoms with Gasteiger partial charge in [0, 0.05) is 37.9 Å². The average molecular weight is 331 g/mol. The van der Waals surface area contributed by atoms with Crippen LogP contribution in [0.25, 0.3) is 0 Å². The zero-order valence-electron chi connectivity index (χ0n) is 14.7. The van der Waals surface area contributed by atoms with Crippen molar-refractivity contribution in [3.8, 4) is 0 Å². The monoisotopic (exact) mass is 331 g/mol. The Bertz CT molecular complexity index is 677. The minimum atomic E-state index is -0.189. The fraction of sp³-hybridized carbons (Fsp3) is 0.474. The first-order valence-corrected chi connectivity index (χ1v) is 8.54. The molecule has 1 aliphatic rings. The summed E-state index contributed by atoms with van der Waals surface area (Å²) in [6, 6.07) is 9.09. The molecule has 0 aliphatic carbocycles. The largest absolute Gasteiger partial charge is 0.465 e. The van der Waals surface area contributed by atoms with Gasteiger partial charge >= 0.3 is 0 Å². The fourth-order valence-electron chi connectivity index (χ4n) is 3.15. The quantitative estimate of drug-likeness (QED) is 0.911. The molecular formula is C19H26FN3O. The Morgan fingerprint density at radius 3 is 2.58 bits per heavy atom. The van der Waals surface area contributed by atoms with Crippen LogP contribution in [0.4, 0.5) is 10.1 Å². The molecule has 130 valence electrons. The molecule has 0 radical (unpaired) electrons. The molecule has 1 aliphatic heterocycles. The Morgan fingerprint density at radius 1 is 1.17 bits per heavy atom. The maximum atomic E-state index is 13.8. The molecule has 2 aromatic rings. The van der Waals surface area contributed by atoms with Gasteiger partial charge in [0.05, 0.1) is 6.54 Å². The lowest BCUT2D eigenvalue weighted by molar-refractivity contribution is 0.312. The summed E-state index contributed by atoms with van der Waals surface area (Å²) in [4.78, 5) is 4.67. The molecule has 0 amide bonds. The SMILES string of the molecule is Cc1ccc(CN[C@H](C)c2cc(F)ccc2N2CCN(C)CC2)o1.